The van der Waals surface area contributed by atoms with Crippen molar-refractivity contribution in [2.45, 2.75) is 43.6 Å². The first-order chi connectivity index (χ1) is 11.1. The third-order valence-electron chi connectivity index (χ3n) is 4.17. The normalized spacial score (nSPS) is 22.7. The standard InChI is InChI=1S/C16H29N5S2/c1-12(2)21-10-13(3)14(11-21)20-15(17-4)18-6-5-8-22-16-19-7-9-23-16/h7,9,12-14H,5-6,8,10-11H2,1-4H3,(H2,17,18,20). The van der Waals surface area contributed by atoms with Gasteiger partial charge in [0.25, 0.3) is 0 Å². The van der Waals surface area contributed by atoms with Gasteiger partial charge >= 0.3 is 0 Å². The van der Waals surface area contributed by atoms with E-state index in [0.29, 0.717) is 18.0 Å². The zero-order valence-corrected chi connectivity index (χ0v) is 16.2. The van der Waals surface area contributed by atoms with E-state index >= 15 is 0 Å². The van der Waals surface area contributed by atoms with Crippen molar-refractivity contribution in [1.82, 2.24) is 20.5 Å². The van der Waals surface area contributed by atoms with Gasteiger partial charge in [0.05, 0.1) is 0 Å². The molecule has 1 aliphatic heterocycles. The number of rotatable bonds is 7. The van der Waals surface area contributed by atoms with Gasteiger partial charge in [0, 0.05) is 56.1 Å². The van der Waals surface area contributed by atoms with Gasteiger partial charge in [0.1, 0.15) is 4.34 Å². The van der Waals surface area contributed by atoms with E-state index < -0.39 is 0 Å². The van der Waals surface area contributed by atoms with Crippen molar-refractivity contribution < 1.29 is 0 Å². The molecule has 0 saturated carbocycles. The first-order valence-corrected chi connectivity index (χ1v) is 10.2. The van der Waals surface area contributed by atoms with Crippen molar-refractivity contribution in [2.24, 2.45) is 10.9 Å². The van der Waals surface area contributed by atoms with Crippen molar-refractivity contribution in [3.63, 3.8) is 0 Å². The van der Waals surface area contributed by atoms with E-state index in [1.165, 1.54) is 0 Å². The lowest BCUT2D eigenvalue weighted by Gasteiger charge is -2.21. The Morgan fingerprint density at radius 1 is 1.52 bits per heavy atom. The molecule has 2 unspecified atom stereocenters. The molecule has 0 aliphatic carbocycles. The second-order valence-corrected chi connectivity index (χ2v) is 8.51. The van der Waals surface area contributed by atoms with Gasteiger partial charge in [0.2, 0.25) is 0 Å². The number of guanidine groups is 1. The molecule has 0 bridgehead atoms. The fourth-order valence-corrected chi connectivity index (χ4v) is 4.35. The summed E-state index contributed by atoms with van der Waals surface area (Å²) in [5.41, 5.74) is 0. The van der Waals surface area contributed by atoms with Crippen molar-refractivity contribution in [1.29, 1.82) is 0 Å². The molecule has 0 amide bonds. The Balaban J connectivity index is 1.65. The molecule has 2 N–H and O–H groups in total. The van der Waals surface area contributed by atoms with Crippen LogP contribution in [0.15, 0.2) is 20.9 Å². The fraction of sp³-hybridized carbons (Fsp3) is 0.750. The van der Waals surface area contributed by atoms with Gasteiger partial charge in [-0.1, -0.05) is 18.7 Å². The number of likely N-dealkylation sites (tertiary alicyclic amines) is 1. The predicted octanol–water partition coefficient (Wildman–Crippen LogP) is 2.52. The highest BCUT2D eigenvalue weighted by molar-refractivity contribution is 8.00. The number of hydrogen-bond donors (Lipinski definition) is 2. The predicted molar refractivity (Wildman–Crippen MR) is 102 cm³/mol. The van der Waals surface area contributed by atoms with Gasteiger partial charge < -0.3 is 10.6 Å². The van der Waals surface area contributed by atoms with E-state index in [1.54, 1.807) is 11.3 Å². The minimum absolute atomic E-state index is 0.480. The van der Waals surface area contributed by atoms with Crippen molar-refractivity contribution >= 4 is 29.1 Å². The Morgan fingerprint density at radius 2 is 2.35 bits per heavy atom. The summed E-state index contributed by atoms with van der Waals surface area (Å²) in [6.07, 6.45) is 2.96. The zero-order chi connectivity index (χ0) is 16.7. The second kappa shape index (κ2) is 9.49. The molecular weight excluding hydrogens is 326 g/mol. The van der Waals surface area contributed by atoms with Crippen LogP contribution < -0.4 is 10.6 Å². The number of nitrogens with one attached hydrogen (secondary N) is 2. The van der Waals surface area contributed by atoms with Crippen LogP contribution in [-0.4, -0.2) is 60.4 Å². The van der Waals surface area contributed by atoms with Crippen LogP contribution in [0.25, 0.3) is 0 Å². The van der Waals surface area contributed by atoms with Crippen molar-refractivity contribution in [2.75, 3.05) is 32.4 Å². The van der Waals surface area contributed by atoms with Gasteiger partial charge in [0.15, 0.2) is 5.96 Å². The lowest BCUT2D eigenvalue weighted by molar-refractivity contribution is 0.265. The van der Waals surface area contributed by atoms with Crippen LogP contribution >= 0.6 is 23.1 Å². The van der Waals surface area contributed by atoms with Gasteiger partial charge in [-0.2, -0.15) is 0 Å². The highest BCUT2D eigenvalue weighted by Crippen LogP contribution is 2.20. The van der Waals surface area contributed by atoms with Crippen molar-refractivity contribution in [3.8, 4) is 0 Å². The Hall–Kier alpha value is -0.790. The molecule has 2 rings (SSSR count). The van der Waals surface area contributed by atoms with E-state index in [4.69, 9.17) is 0 Å². The van der Waals surface area contributed by atoms with Crippen LogP contribution in [0.5, 0.6) is 0 Å². The fourth-order valence-electron chi connectivity index (χ4n) is 2.70. The summed E-state index contributed by atoms with van der Waals surface area (Å²) in [4.78, 5) is 11.2. The van der Waals surface area contributed by atoms with Gasteiger partial charge in [-0.3, -0.25) is 9.89 Å². The first-order valence-electron chi connectivity index (χ1n) is 8.33. The molecule has 2 atom stereocenters. The summed E-state index contributed by atoms with van der Waals surface area (Å²) < 4.78 is 1.15. The summed E-state index contributed by atoms with van der Waals surface area (Å²) in [5.74, 6) is 2.65. The van der Waals surface area contributed by atoms with E-state index in [-0.39, 0.29) is 0 Å². The van der Waals surface area contributed by atoms with Crippen LogP contribution in [0.2, 0.25) is 0 Å². The molecule has 1 fully saturated rings. The summed E-state index contributed by atoms with van der Waals surface area (Å²) in [6.45, 7) is 10.0. The number of hydrogen-bond acceptors (Lipinski definition) is 5. The maximum atomic E-state index is 4.36. The average molecular weight is 356 g/mol. The third-order valence-corrected chi connectivity index (χ3v) is 6.22. The van der Waals surface area contributed by atoms with E-state index in [9.17, 15) is 0 Å². The van der Waals surface area contributed by atoms with Crippen LogP contribution in [0.4, 0.5) is 0 Å². The lowest BCUT2D eigenvalue weighted by atomic mass is 10.1. The van der Waals surface area contributed by atoms with Crippen LogP contribution in [0.3, 0.4) is 0 Å². The molecule has 2 heterocycles. The van der Waals surface area contributed by atoms with E-state index in [1.807, 2.05) is 30.4 Å². The molecule has 1 aromatic heterocycles. The van der Waals surface area contributed by atoms with Crippen molar-refractivity contribution in [3.05, 3.63) is 11.6 Å². The molecule has 5 nitrogen and oxygen atoms in total. The SMILES string of the molecule is CN=C(NCCCSc1nccs1)NC1CN(C(C)C)CC1C. The Morgan fingerprint density at radius 3 is 2.96 bits per heavy atom. The molecule has 130 valence electrons. The maximum Gasteiger partial charge on any atom is 0.191 e. The molecule has 1 aliphatic rings. The summed E-state index contributed by atoms with van der Waals surface area (Å²) in [7, 11) is 1.85. The number of thioether (sulfide) groups is 1. The minimum atomic E-state index is 0.480. The number of thiazole rings is 1. The molecule has 7 heteroatoms. The largest absolute Gasteiger partial charge is 0.356 e. The Bertz CT molecular complexity index is 475. The third kappa shape index (κ3) is 5.97. The van der Waals surface area contributed by atoms with Crippen LogP contribution in [-0.2, 0) is 0 Å². The minimum Gasteiger partial charge on any atom is -0.356 e. The molecule has 0 radical (unpaired) electrons. The van der Waals surface area contributed by atoms with Gasteiger partial charge in [-0.15, -0.1) is 11.3 Å². The number of nitrogens with zero attached hydrogens (tertiary/aromatic N) is 3. The summed E-state index contributed by atoms with van der Waals surface area (Å²) >= 11 is 3.53. The maximum absolute atomic E-state index is 4.36. The molecule has 1 aromatic rings. The van der Waals surface area contributed by atoms with Gasteiger partial charge in [-0.05, 0) is 26.2 Å². The monoisotopic (exact) mass is 355 g/mol. The molecule has 23 heavy (non-hydrogen) atoms. The highest BCUT2D eigenvalue weighted by atomic mass is 32.2. The zero-order valence-electron chi connectivity index (χ0n) is 14.6. The van der Waals surface area contributed by atoms with Crippen LogP contribution in [0.1, 0.15) is 27.2 Å². The molecule has 0 spiro atoms. The molecular formula is C16H29N5S2. The van der Waals surface area contributed by atoms with Crippen LogP contribution in [0, 0.1) is 5.92 Å². The summed E-state index contributed by atoms with van der Waals surface area (Å²) in [5, 5.41) is 9.04. The topological polar surface area (TPSA) is 52.6 Å². The van der Waals surface area contributed by atoms with E-state index in [2.05, 4.69) is 46.3 Å². The Kier molecular flexibility index (Phi) is 7.65. The Labute approximate surface area is 148 Å². The molecule has 0 aromatic carbocycles. The smallest absolute Gasteiger partial charge is 0.191 e. The molecule has 1 saturated heterocycles. The van der Waals surface area contributed by atoms with E-state index in [0.717, 1.165) is 42.1 Å². The average Bonchev–Trinajstić information content (AvgIpc) is 3.16. The van der Waals surface area contributed by atoms with Gasteiger partial charge in [-0.25, -0.2) is 4.98 Å². The quantitative estimate of drug-likeness (QED) is 0.341. The summed E-state index contributed by atoms with van der Waals surface area (Å²) in [6, 6.07) is 1.09. The second-order valence-electron chi connectivity index (χ2n) is 6.27. The first kappa shape index (κ1) is 18.5. The highest BCUT2D eigenvalue weighted by Gasteiger charge is 2.31. The number of aromatic nitrogens is 1. The lowest BCUT2D eigenvalue weighted by Crippen LogP contribution is -2.47. The number of aliphatic imine (C=N–C) groups is 1.